The van der Waals surface area contributed by atoms with E-state index >= 15 is 0 Å². The molecule has 0 saturated carbocycles. The first-order valence-electron chi connectivity index (χ1n) is 6.01. The van der Waals surface area contributed by atoms with Gasteiger partial charge in [-0.1, -0.05) is 6.07 Å². The average Bonchev–Trinajstić information content (AvgIpc) is 2.79. The number of benzene rings is 2. The first-order valence-corrected chi connectivity index (χ1v) is 6.80. The van der Waals surface area contributed by atoms with E-state index < -0.39 is 29.0 Å². The number of primary amides is 1. The summed E-state index contributed by atoms with van der Waals surface area (Å²) in [4.78, 5) is 14.2. The lowest BCUT2D eigenvalue weighted by Crippen LogP contribution is -2.19. The summed E-state index contributed by atoms with van der Waals surface area (Å²) in [5, 5.41) is 0.634. The van der Waals surface area contributed by atoms with Gasteiger partial charge in [-0.05, 0) is 34.1 Å². The highest BCUT2D eigenvalue weighted by Gasteiger charge is 2.36. The van der Waals surface area contributed by atoms with E-state index in [4.69, 9.17) is 5.73 Å². The maximum atomic E-state index is 13.6. The molecule has 0 spiro atoms. The zero-order valence-corrected chi connectivity index (χ0v) is 12.3. The maximum Gasteiger partial charge on any atom is 0.417 e. The molecule has 0 fully saturated rings. The summed E-state index contributed by atoms with van der Waals surface area (Å²) in [6.07, 6.45) is -4.72. The Morgan fingerprint density at radius 2 is 1.86 bits per heavy atom. The lowest BCUT2D eigenvalue weighted by Gasteiger charge is -2.11. The summed E-state index contributed by atoms with van der Waals surface area (Å²) in [6.45, 7) is 0. The van der Waals surface area contributed by atoms with Crippen molar-refractivity contribution in [3.05, 3.63) is 45.7 Å². The van der Waals surface area contributed by atoms with Crippen molar-refractivity contribution >= 4 is 43.6 Å². The Hall–Kier alpha value is -2.09. The number of fused-ring (bicyclic) bond motifs is 3. The number of amides is 1. The van der Waals surface area contributed by atoms with Gasteiger partial charge in [-0.2, -0.15) is 13.2 Å². The Balaban J connectivity index is 2.53. The Kier molecular flexibility index (Phi) is 3.17. The van der Waals surface area contributed by atoms with Crippen LogP contribution in [0.5, 0.6) is 0 Å². The highest BCUT2D eigenvalue weighted by molar-refractivity contribution is 9.10. The van der Waals surface area contributed by atoms with Crippen LogP contribution < -0.4 is 5.73 Å². The van der Waals surface area contributed by atoms with Crippen LogP contribution in [-0.4, -0.2) is 10.9 Å². The van der Waals surface area contributed by atoms with E-state index in [0.29, 0.717) is 10.9 Å². The molecule has 3 rings (SSSR count). The number of halogens is 5. The minimum atomic E-state index is -4.72. The van der Waals surface area contributed by atoms with Crippen LogP contribution in [0.1, 0.15) is 15.9 Å². The van der Waals surface area contributed by atoms with Crippen molar-refractivity contribution < 1.29 is 22.4 Å². The number of rotatable bonds is 1. The normalized spacial score (nSPS) is 12.2. The topological polar surface area (TPSA) is 58.9 Å². The number of hydrogen-bond acceptors (Lipinski definition) is 1. The van der Waals surface area contributed by atoms with Crippen LogP contribution in [-0.2, 0) is 6.18 Å². The molecule has 114 valence electrons. The molecule has 8 heteroatoms. The minimum Gasteiger partial charge on any atom is -0.366 e. The molecule has 0 aliphatic heterocycles. The summed E-state index contributed by atoms with van der Waals surface area (Å²) in [5.74, 6) is -1.77. The van der Waals surface area contributed by atoms with Crippen LogP contribution >= 0.6 is 15.9 Å². The summed E-state index contributed by atoms with van der Waals surface area (Å²) in [5.41, 5.74) is 3.66. The standard InChI is InChI=1S/C14H7BrF4N2O/c15-11-7(16)3-4-8-9(11)5-1-2-6(14(17,18)19)10(13(20)22)12(5)21-8/h1-4,21H,(H2,20,22). The number of carbonyl (C=O) groups excluding carboxylic acids is 1. The largest absolute Gasteiger partial charge is 0.417 e. The molecule has 2 aromatic carbocycles. The lowest BCUT2D eigenvalue weighted by atomic mass is 10.0. The molecule has 3 aromatic rings. The number of hydrogen-bond donors (Lipinski definition) is 2. The van der Waals surface area contributed by atoms with Gasteiger partial charge in [-0.3, -0.25) is 4.79 Å². The number of nitrogens with one attached hydrogen (secondary N) is 1. The van der Waals surface area contributed by atoms with Gasteiger partial charge < -0.3 is 10.7 Å². The number of nitrogens with two attached hydrogens (primary N) is 1. The molecule has 0 radical (unpaired) electrons. The smallest absolute Gasteiger partial charge is 0.366 e. The number of aromatic nitrogens is 1. The molecule has 22 heavy (non-hydrogen) atoms. The molecule has 1 aromatic heterocycles. The van der Waals surface area contributed by atoms with Crippen molar-refractivity contribution in [2.75, 3.05) is 0 Å². The van der Waals surface area contributed by atoms with Crippen LogP contribution in [0.2, 0.25) is 0 Å². The molecule has 0 aliphatic rings. The Labute approximate surface area is 129 Å². The van der Waals surface area contributed by atoms with Crippen molar-refractivity contribution in [3.8, 4) is 0 Å². The average molecular weight is 375 g/mol. The minimum absolute atomic E-state index is 0.0661. The summed E-state index contributed by atoms with van der Waals surface area (Å²) < 4.78 is 52.9. The van der Waals surface area contributed by atoms with Crippen LogP contribution in [0.4, 0.5) is 17.6 Å². The second kappa shape index (κ2) is 4.70. The zero-order chi connectivity index (χ0) is 16.2. The predicted molar refractivity (Wildman–Crippen MR) is 77.0 cm³/mol. The number of alkyl halides is 3. The predicted octanol–water partition coefficient (Wildman–Crippen LogP) is 4.34. The number of aromatic amines is 1. The maximum absolute atomic E-state index is 13.6. The Bertz CT molecular complexity index is 930. The first-order chi connectivity index (χ1) is 10.2. The molecule has 1 heterocycles. The van der Waals surface area contributed by atoms with Gasteiger partial charge >= 0.3 is 6.18 Å². The van der Waals surface area contributed by atoms with Gasteiger partial charge in [0.2, 0.25) is 0 Å². The summed E-state index contributed by atoms with van der Waals surface area (Å²) >= 11 is 3.07. The van der Waals surface area contributed by atoms with E-state index in [9.17, 15) is 22.4 Å². The van der Waals surface area contributed by atoms with Crippen LogP contribution in [0.15, 0.2) is 28.7 Å². The third-order valence-corrected chi connectivity index (χ3v) is 4.16. The fraction of sp³-hybridized carbons (Fsp3) is 0.0714. The highest BCUT2D eigenvalue weighted by atomic mass is 79.9. The molecule has 1 amide bonds. The van der Waals surface area contributed by atoms with Crippen LogP contribution in [0.25, 0.3) is 21.8 Å². The molecular weight excluding hydrogens is 368 g/mol. The van der Waals surface area contributed by atoms with Crippen molar-refractivity contribution in [1.82, 2.24) is 4.98 Å². The number of carbonyl (C=O) groups is 1. The van der Waals surface area contributed by atoms with Gasteiger partial charge in [-0.25, -0.2) is 4.39 Å². The molecule has 0 aliphatic carbocycles. The van der Waals surface area contributed by atoms with Crippen molar-refractivity contribution in [2.24, 2.45) is 5.73 Å². The highest BCUT2D eigenvalue weighted by Crippen LogP contribution is 2.39. The monoisotopic (exact) mass is 374 g/mol. The second-order valence-electron chi connectivity index (χ2n) is 4.68. The molecule has 3 nitrogen and oxygen atoms in total. The van der Waals surface area contributed by atoms with E-state index in [1.165, 1.54) is 12.1 Å². The summed E-state index contributed by atoms with van der Waals surface area (Å²) in [6, 6.07) is 4.50. The lowest BCUT2D eigenvalue weighted by molar-refractivity contribution is -0.137. The van der Waals surface area contributed by atoms with Gasteiger partial charge in [-0.15, -0.1) is 0 Å². The molecule has 3 N–H and O–H groups in total. The number of H-pyrrole nitrogens is 1. The molecule has 0 atom stereocenters. The van der Waals surface area contributed by atoms with Gasteiger partial charge in [0.25, 0.3) is 5.91 Å². The first kappa shape index (κ1) is 14.8. The molecule has 0 bridgehead atoms. The third kappa shape index (κ3) is 2.06. The summed E-state index contributed by atoms with van der Waals surface area (Å²) in [7, 11) is 0. The fourth-order valence-corrected chi connectivity index (χ4v) is 3.05. The SMILES string of the molecule is NC(=O)c1c(C(F)(F)F)ccc2c1[nH]c1ccc(F)c(Br)c12. The molecular formula is C14H7BrF4N2O. The molecule has 0 unspecified atom stereocenters. The van der Waals surface area contributed by atoms with E-state index in [0.717, 1.165) is 12.1 Å². The van der Waals surface area contributed by atoms with E-state index in [-0.39, 0.29) is 15.4 Å². The molecule has 0 saturated heterocycles. The van der Waals surface area contributed by atoms with E-state index in [2.05, 4.69) is 20.9 Å². The van der Waals surface area contributed by atoms with Crippen LogP contribution in [0, 0.1) is 5.82 Å². The zero-order valence-electron chi connectivity index (χ0n) is 10.7. The quantitative estimate of drug-likeness (QED) is 0.611. The third-order valence-electron chi connectivity index (χ3n) is 3.38. The van der Waals surface area contributed by atoms with Gasteiger partial charge in [0.15, 0.2) is 0 Å². The van der Waals surface area contributed by atoms with E-state index in [1.807, 2.05) is 0 Å². The fourth-order valence-electron chi connectivity index (χ4n) is 2.49. The second-order valence-corrected chi connectivity index (χ2v) is 5.47. The van der Waals surface area contributed by atoms with Gasteiger partial charge in [0.1, 0.15) is 5.82 Å². The van der Waals surface area contributed by atoms with Crippen molar-refractivity contribution in [2.45, 2.75) is 6.18 Å². The van der Waals surface area contributed by atoms with E-state index in [1.54, 1.807) is 0 Å². The van der Waals surface area contributed by atoms with Crippen molar-refractivity contribution in [1.29, 1.82) is 0 Å². The van der Waals surface area contributed by atoms with Crippen LogP contribution in [0.3, 0.4) is 0 Å². The Morgan fingerprint density at radius 3 is 2.45 bits per heavy atom. The Morgan fingerprint density at radius 1 is 1.18 bits per heavy atom. The van der Waals surface area contributed by atoms with Crippen molar-refractivity contribution in [3.63, 3.8) is 0 Å². The van der Waals surface area contributed by atoms with Gasteiger partial charge in [0.05, 0.1) is 21.1 Å². The van der Waals surface area contributed by atoms with Gasteiger partial charge in [0, 0.05) is 16.3 Å².